The Hall–Kier alpha value is -1.87. The van der Waals surface area contributed by atoms with Gasteiger partial charge < -0.3 is 10.2 Å². The van der Waals surface area contributed by atoms with Gasteiger partial charge in [0.1, 0.15) is 12.6 Å². The minimum Gasteiger partial charge on any atom is -0.326 e. The van der Waals surface area contributed by atoms with Crippen LogP contribution in [-0.2, 0) is 11.3 Å². The van der Waals surface area contributed by atoms with Crippen molar-refractivity contribution >= 4 is 34.5 Å². The Morgan fingerprint density at radius 1 is 1.48 bits per heavy atom. The lowest BCUT2D eigenvalue weighted by Crippen LogP contribution is -3.08. The van der Waals surface area contributed by atoms with Crippen molar-refractivity contribution in [2.45, 2.75) is 6.54 Å². The van der Waals surface area contributed by atoms with Crippen LogP contribution in [0.5, 0.6) is 0 Å². The van der Waals surface area contributed by atoms with E-state index in [2.05, 4.69) is 16.8 Å². The Kier molecular flexibility index (Phi) is 5.34. The molecule has 2 N–H and O–H groups in total. The molecule has 108 valence electrons. The van der Waals surface area contributed by atoms with Gasteiger partial charge in [0.2, 0.25) is 0 Å². The lowest BCUT2D eigenvalue weighted by atomic mass is 10.2. The quantitative estimate of drug-likeness (QED) is 0.884. The van der Waals surface area contributed by atoms with Gasteiger partial charge in [-0.25, -0.2) is 0 Å². The number of nitrogens with zero attached hydrogens (tertiary/aromatic N) is 1. The maximum Gasteiger partial charge on any atom is 0.279 e. The Labute approximate surface area is 132 Å². The van der Waals surface area contributed by atoms with Crippen LogP contribution in [0.15, 0.2) is 35.0 Å². The summed E-state index contributed by atoms with van der Waals surface area (Å²) in [6, 6.07) is 8.91. The summed E-state index contributed by atoms with van der Waals surface area (Å²) in [5, 5.41) is 16.1. The van der Waals surface area contributed by atoms with Gasteiger partial charge in [-0.2, -0.15) is 16.6 Å². The molecule has 1 amide bonds. The van der Waals surface area contributed by atoms with Gasteiger partial charge in [-0.1, -0.05) is 11.6 Å². The monoisotopic (exact) mass is 320 g/mol. The molecule has 2 aromatic rings. The molecule has 0 radical (unpaired) electrons. The fraction of sp³-hybridized carbons (Fsp3) is 0.200. The molecule has 0 spiro atoms. The number of nitriles is 1. The molecule has 0 fully saturated rings. The van der Waals surface area contributed by atoms with Crippen molar-refractivity contribution in [1.82, 2.24) is 0 Å². The fourth-order valence-corrected chi connectivity index (χ4v) is 2.86. The number of carbonyl (C=O) groups excluding carboxylic acids is 1. The van der Waals surface area contributed by atoms with Crippen LogP contribution < -0.4 is 10.2 Å². The van der Waals surface area contributed by atoms with Crippen LogP contribution >= 0.6 is 22.9 Å². The van der Waals surface area contributed by atoms with Gasteiger partial charge in [0.25, 0.3) is 5.91 Å². The summed E-state index contributed by atoms with van der Waals surface area (Å²) < 4.78 is 0. The average molecular weight is 321 g/mol. The summed E-state index contributed by atoms with van der Waals surface area (Å²) in [6.45, 7) is 1.18. The molecule has 1 unspecified atom stereocenters. The van der Waals surface area contributed by atoms with Crippen molar-refractivity contribution in [3.63, 3.8) is 0 Å². The number of hydrogen-bond acceptors (Lipinski definition) is 3. The molecule has 1 aromatic heterocycles. The highest BCUT2D eigenvalue weighted by molar-refractivity contribution is 7.07. The van der Waals surface area contributed by atoms with Crippen molar-refractivity contribution in [2.24, 2.45) is 0 Å². The van der Waals surface area contributed by atoms with Crippen molar-refractivity contribution in [3.05, 3.63) is 51.2 Å². The Morgan fingerprint density at radius 3 is 2.90 bits per heavy atom. The lowest BCUT2D eigenvalue weighted by molar-refractivity contribution is -0.885. The maximum atomic E-state index is 12.0. The second kappa shape index (κ2) is 7.23. The number of nitrogens with one attached hydrogen (secondary N) is 2. The summed E-state index contributed by atoms with van der Waals surface area (Å²) in [5.74, 6) is -0.0801. The van der Waals surface area contributed by atoms with Gasteiger partial charge in [0.05, 0.1) is 17.6 Å². The number of thiophene rings is 1. The van der Waals surface area contributed by atoms with Crippen LogP contribution in [0.25, 0.3) is 0 Å². The number of carbonyl (C=O) groups is 1. The van der Waals surface area contributed by atoms with Gasteiger partial charge in [-0.15, -0.1) is 0 Å². The van der Waals surface area contributed by atoms with E-state index >= 15 is 0 Å². The molecule has 0 aliphatic rings. The number of halogens is 1. The van der Waals surface area contributed by atoms with Crippen LogP contribution in [0.3, 0.4) is 0 Å². The molecule has 6 heteroatoms. The standard InChI is InChI=1S/C15H14ClN3OS/c1-19(8-11-4-5-21-10-11)9-15(20)18-13-3-2-12(7-17)14(16)6-13/h2-6,10H,8-9H2,1H3,(H,18,20)/p+1. The molecule has 1 atom stereocenters. The predicted molar refractivity (Wildman–Crippen MR) is 84.6 cm³/mol. The van der Waals surface area contributed by atoms with Crippen LogP contribution in [0.4, 0.5) is 5.69 Å². The van der Waals surface area contributed by atoms with E-state index in [1.165, 1.54) is 5.56 Å². The Bertz CT molecular complexity index is 664. The Balaban J connectivity index is 1.89. The van der Waals surface area contributed by atoms with Crippen LogP contribution in [0, 0.1) is 11.3 Å². The first-order chi connectivity index (χ1) is 10.1. The fourth-order valence-electron chi connectivity index (χ4n) is 1.97. The van der Waals surface area contributed by atoms with Gasteiger partial charge in [0, 0.05) is 11.3 Å². The molecule has 0 aliphatic carbocycles. The van der Waals surface area contributed by atoms with Crippen molar-refractivity contribution < 1.29 is 9.69 Å². The smallest absolute Gasteiger partial charge is 0.279 e. The van der Waals surface area contributed by atoms with E-state index in [0.29, 0.717) is 22.8 Å². The topological polar surface area (TPSA) is 57.3 Å². The first kappa shape index (κ1) is 15.5. The molecule has 4 nitrogen and oxygen atoms in total. The molecule has 0 bridgehead atoms. The highest BCUT2D eigenvalue weighted by atomic mass is 35.5. The van der Waals surface area contributed by atoms with E-state index in [1.54, 1.807) is 29.5 Å². The third-order valence-electron chi connectivity index (χ3n) is 2.92. The molecule has 2 rings (SSSR count). The van der Waals surface area contributed by atoms with Gasteiger partial charge in [-0.05, 0) is 35.0 Å². The number of likely N-dealkylation sites (N-methyl/N-ethyl adjacent to an activating group) is 1. The number of amides is 1. The number of rotatable bonds is 5. The molecule has 0 aliphatic heterocycles. The lowest BCUT2D eigenvalue weighted by Gasteiger charge is -2.13. The third kappa shape index (κ3) is 4.57. The number of hydrogen-bond donors (Lipinski definition) is 2. The van der Waals surface area contributed by atoms with E-state index in [0.717, 1.165) is 11.4 Å². The van der Waals surface area contributed by atoms with Gasteiger partial charge in [-0.3, -0.25) is 4.79 Å². The predicted octanol–water partition coefficient (Wildman–Crippen LogP) is 1.93. The molecular weight excluding hydrogens is 306 g/mol. The molecule has 1 heterocycles. The summed E-state index contributed by atoms with van der Waals surface area (Å²) in [6.07, 6.45) is 0. The third-order valence-corrected chi connectivity index (χ3v) is 3.97. The zero-order valence-corrected chi connectivity index (χ0v) is 13.1. The van der Waals surface area contributed by atoms with Gasteiger partial charge in [0.15, 0.2) is 6.54 Å². The van der Waals surface area contributed by atoms with Crippen molar-refractivity contribution in [3.8, 4) is 6.07 Å². The van der Waals surface area contributed by atoms with Crippen molar-refractivity contribution in [1.29, 1.82) is 5.26 Å². The molecule has 21 heavy (non-hydrogen) atoms. The zero-order chi connectivity index (χ0) is 15.2. The van der Waals surface area contributed by atoms with Crippen LogP contribution in [0.2, 0.25) is 5.02 Å². The highest BCUT2D eigenvalue weighted by Crippen LogP contribution is 2.19. The zero-order valence-electron chi connectivity index (χ0n) is 11.5. The molecular formula is C15H15ClN3OS+. The number of benzene rings is 1. The van der Waals surface area contributed by atoms with Crippen LogP contribution in [-0.4, -0.2) is 19.5 Å². The normalized spacial score (nSPS) is 11.7. The molecule has 0 saturated heterocycles. The first-order valence-corrected chi connectivity index (χ1v) is 7.72. The van der Waals surface area contributed by atoms with E-state index in [-0.39, 0.29) is 5.91 Å². The van der Waals surface area contributed by atoms with E-state index in [4.69, 9.17) is 16.9 Å². The summed E-state index contributed by atoms with van der Waals surface area (Å²) in [4.78, 5) is 13.1. The summed E-state index contributed by atoms with van der Waals surface area (Å²) in [7, 11) is 1.98. The highest BCUT2D eigenvalue weighted by Gasteiger charge is 2.11. The average Bonchev–Trinajstić information content (AvgIpc) is 2.91. The molecule has 0 saturated carbocycles. The van der Waals surface area contributed by atoms with Crippen LogP contribution in [0.1, 0.15) is 11.1 Å². The second-order valence-electron chi connectivity index (χ2n) is 4.80. The van der Waals surface area contributed by atoms with Gasteiger partial charge >= 0.3 is 0 Å². The van der Waals surface area contributed by atoms with E-state index in [9.17, 15) is 4.79 Å². The maximum absolute atomic E-state index is 12.0. The Morgan fingerprint density at radius 2 is 2.29 bits per heavy atom. The largest absolute Gasteiger partial charge is 0.326 e. The van der Waals surface area contributed by atoms with E-state index < -0.39 is 0 Å². The summed E-state index contributed by atoms with van der Waals surface area (Å²) >= 11 is 7.59. The number of anilines is 1. The number of quaternary nitrogens is 1. The molecule has 1 aromatic carbocycles. The van der Waals surface area contributed by atoms with E-state index in [1.807, 2.05) is 18.5 Å². The summed E-state index contributed by atoms with van der Waals surface area (Å²) in [5.41, 5.74) is 2.23. The van der Waals surface area contributed by atoms with Crippen molar-refractivity contribution in [2.75, 3.05) is 18.9 Å². The first-order valence-electron chi connectivity index (χ1n) is 6.40. The SMILES string of the molecule is C[NH+](CC(=O)Nc1ccc(C#N)c(Cl)c1)Cc1ccsc1. The minimum absolute atomic E-state index is 0.0801. The minimum atomic E-state index is -0.0801. The second-order valence-corrected chi connectivity index (χ2v) is 5.98.